The third-order valence-electron chi connectivity index (χ3n) is 3.37. The van der Waals surface area contributed by atoms with Crippen molar-refractivity contribution in [3.05, 3.63) is 42.5 Å². The first-order chi connectivity index (χ1) is 8.89. The normalized spacial score (nSPS) is 31.7. The number of benzene rings is 1. The van der Waals surface area contributed by atoms with Crippen molar-refractivity contribution in [2.45, 2.75) is 29.9 Å². The first-order valence-corrected chi connectivity index (χ1v) is 8.41. The van der Waals surface area contributed by atoms with E-state index < -0.39 is 5.79 Å². The van der Waals surface area contributed by atoms with E-state index in [9.17, 15) is 0 Å². The molecular weight excluding hydrogens is 291 g/mol. The van der Waals surface area contributed by atoms with Crippen molar-refractivity contribution in [3.8, 4) is 0 Å². The van der Waals surface area contributed by atoms with Crippen LogP contribution in [0, 0.1) is 0 Å². The Kier molecular flexibility index (Phi) is 3.85. The van der Waals surface area contributed by atoms with E-state index in [1.54, 1.807) is 0 Å². The second kappa shape index (κ2) is 5.58. The molecule has 1 spiro atoms. The zero-order valence-electron chi connectivity index (χ0n) is 10.4. The SMILES string of the molecule is C1=C[C@@]2(OCC1)OCCC[C@@H]2[Se]c1ccccc1. The molecule has 96 valence electrons. The van der Waals surface area contributed by atoms with Gasteiger partial charge in [0.1, 0.15) is 0 Å². The number of hydrogen-bond acceptors (Lipinski definition) is 2. The molecule has 18 heavy (non-hydrogen) atoms. The molecule has 0 unspecified atom stereocenters. The molecule has 0 N–H and O–H groups in total. The van der Waals surface area contributed by atoms with Crippen molar-refractivity contribution in [2.75, 3.05) is 13.2 Å². The summed E-state index contributed by atoms with van der Waals surface area (Å²) >= 11 is 0.406. The van der Waals surface area contributed by atoms with Crippen LogP contribution in [0.1, 0.15) is 19.3 Å². The maximum absolute atomic E-state index is 6.00. The minimum atomic E-state index is -0.424. The molecule has 0 bridgehead atoms. The summed E-state index contributed by atoms with van der Waals surface area (Å²) in [5.74, 6) is -0.424. The molecular formula is C15H18O2Se. The molecule has 0 aliphatic carbocycles. The van der Waals surface area contributed by atoms with Crippen LogP contribution in [0.2, 0.25) is 4.82 Å². The van der Waals surface area contributed by atoms with Crippen LogP contribution in [0.15, 0.2) is 42.5 Å². The first kappa shape index (κ1) is 12.4. The van der Waals surface area contributed by atoms with Gasteiger partial charge in [0.25, 0.3) is 0 Å². The predicted octanol–water partition coefficient (Wildman–Crippen LogP) is 2.29. The van der Waals surface area contributed by atoms with E-state index in [2.05, 4.69) is 42.5 Å². The average molecular weight is 309 g/mol. The number of hydrogen-bond donors (Lipinski definition) is 0. The number of rotatable bonds is 2. The van der Waals surface area contributed by atoms with E-state index in [1.165, 1.54) is 10.9 Å². The molecule has 1 saturated heterocycles. The fourth-order valence-electron chi connectivity index (χ4n) is 2.47. The van der Waals surface area contributed by atoms with Gasteiger partial charge in [0, 0.05) is 0 Å². The van der Waals surface area contributed by atoms with Crippen LogP contribution in [0.4, 0.5) is 0 Å². The quantitative estimate of drug-likeness (QED) is 0.616. The maximum atomic E-state index is 6.00. The third kappa shape index (κ3) is 2.55. The van der Waals surface area contributed by atoms with Gasteiger partial charge in [0.15, 0.2) is 0 Å². The second-order valence-corrected chi connectivity index (χ2v) is 7.35. The molecule has 1 aromatic carbocycles. The first-order valence-electron chi connectivity index (χ1n) is 6.56. The third-order valence-corrected chi connectivity index (χ3v) is 6.29. The summed E-state index contributed by atoms with van der Waals surface area (Å²) in [5, 5.41) is 0. The van der Waals surface area contributed by atoms with Crippen LogP contribution in [0.25, 0.3) is 0 Å². The van der Waals surface area contributed by atoms with Gasteiger partial charge in [-0.1, -0.05) is 0 Å². The van der Waals surface area contributed by atoms with Crippen LogP contribution in [-0.4, -0.2) is 34.0 Å². The van der Waals surface area contributed by atoms with Crippen molar-refractivity contribution >= 4 is 19.4 Å². The van der Waals surface area contributed by atoms with Crippen LogP contribution in [0.3, 0.4) is 0 Å². The summed E-state index contributed by atoms with van der Waals surface area (Å²) in [4.78, 5) is 0.498. The fraction of sp³-hybridized carbons (Fsp3) is 0.467. The van der Waals surface area contributed by atoms with Crippen LogP contribution < -0.4 is 4.46 Å². The van der Waals surface area contributed by atoms with Crippen molar-refractivity contribution in [2.24, 2.45) is 0 Å². The Hall–Kier alpha value is -0.601. The van der Waals surface area contributed by atoms with Crippen LogP contribution >= 0.6 is 0 Å². The molecule has 1 fully saturated rings. The summed E-state index contributed by atoms with van der Waals surface area (Å²) in [6.45, 7) is 1.61. The van der Waals surface area contributed by atoms with Crippen molar-refractivity contribution < 1.29 is 9.47 Å². The zero-order valence-corrected chi connectivity index (χ0v) is 12.1. The molecule has 3 heteroatoms. The molecule has 2 aliphatic rings. The summed E-state index contributed by atoms with van der Waals surface area (Å²) in [7, 11) is 0. The van der Waals surface area contributed by atoms with Crippen LogP contribution in [-0.2, 0) is 9.47 Å². The molecule has 3 rings (SSSR count). The summed E-state index contributed by atoms with van der Waals surface area (Å²) in [5.41, 5.74) is 0. The molecule has 2 aliphatic heterocycles. The van der Waals surface area contributed by atoms with E-state index in [0.29, 0.717) is 19.8 Å². The Bertz CT molecular complexity index is 418. The zero-order chi connectivity index (χ0) is 12.3. The van der Waals surface area contributed by atoms with E-state index in [-0.39, 0.29) is 0 Å². The van der Waals surface area contributed by atoms with Crippen molar-refractivity contribution in [1.82, 2.24) is 0 Å². The average Bonchev–Trinajstić information content (AvgIpc) is 2.44. The summed E-state index contributed by atoms with van der Waals surface area (Å²) in [6.07, 6.45) is 7.74. The summed E-state index contributed by atoms with van der Waals surface area (Å²) < 4.78 is 13.4. The van der Waals surface area contributed by atoms with E-state index in [0.717, 1.165) is 26.1 Å². The van der Waals surface area contributed by atoms with E-state index in [1.807, 2.05) is 0 Å². The molecule has 2 nitrogen and oxygen atoms in total. The Balaban J connectivity index is 1.80. The molecule has 0 aromatic heterocycles. The second-order valence-electron chi connectivity index (χ2n) is 4.67. The van der Waals surface area contributed by atoms with E-state index >= 15 is 0 Å². The van der Waals surface area contributed by atoms with Crippen LogP contribution in [0.5, 0.6) is 0 Å². The Labute approximate surface area is 115 Å². The van der Waals surface area contributed by atoms with Crippen molar-refractivity contribution in [3.63, 3.8) is 0 Å². The van der Waals surface area contributed by atoms with Gasteiger partial charge in [0.05, 0.1) is 0 Å². The topological polar surface area (TPSA) is 18.5 Å². The molecule has 1 aromatic rings. The van der Waals surface area contributed by atoms with E-state index in [4.69, 9.17) is 9.47 Å². The number of ether oxygens (including phenoxy) is 2. The van der Waals surface area contributed by atoms with Gasteiger partial charge in [0.2, 0.25) is 0 Å². The Morgan fingerprint density at radius 2 is 1.94 bits per heavy atom. The van der Waals surface area contributed by atoms with Gasteiger partial charge in [-0.3, -0.25) is 0 Å². The molecule has 2 atom stereocenters. The monoisotopic (exact) mass is 310 g/mol. The molecule has 0 saturated carbocycles. The van der Waals surface area contributed by atoms with Gasteiger partial charge in [-0.05, 0) is 0 Å². The van der Waals surface area contributed by atoms with Gasteiger partial charge in [-0.25, -0.2) is 0 Å². The fourth-order valence-corrected chi connectivity index (χ4v) is 5.21. The Morgan fingerprint density at radius 3 is 2.72 bits per heavy atom. The predicted molar refractivity (Wildman–Crippen MR) is 73.2 cm³/mol. The molecule has 0 radical (unpaired) electrons. The van der Waals surface area contributed by atoms with Crippen molar-refractivity contribution in [1.29, 1.82) is 0 Å². The Morgan fingerprint density at radius 1 is 1.11 bits per heavy atom. The molecule has 2 heterocycles. The molecule has 0 amide bonds. The minimum absolute atomic E-state index is 0.406. The van der Waals surface area contributed by atoms with Gasteiger partial charge in [-0.15, -0.1) is 0 Å². The van der Waals surface area contributed by atoms with Gasteiger partial charge >= 0.3 is 114 Å². The van der Waals surface area contributed by atoms with Gasteiger partial charge < -0.3 is 0 Å². The summed E-state index contributed by atoms with van der Waals surface area (Å²) in [6, 6.07) is 10.7. The standard InChI is InChI=1S/C15H18O2Se/c1-2-7-13(8-3-1)18-14-9-6-12-17-15(14)10-4-5-11-16-15/h1-4,7-8,10,14H,5-6,9,11-12H2/t14-,15+/m0/s1. The van der Waals surface area contributed by atoms with Gasteiger partial charge in [-0.2, -0.15) is 0 Å².